The van der Waals surface area contributed by atoms with Gasteiger partial charge in [-0.05, 0) is 54.8 Å². The van der Waals surface area contributed by atoms with E-state index in [-0.39, 0.29) is 22.9 Å². The predicted octanol–water partition coefficient (Wildman–Crippen LogP) is 4.12. The maximum atomic E-state index is 14.0. The Morgan fingerprint density at radius 1 is 1.14 bits per heavy atom. The summed E-state index contributed by atoms with van der Waals surface area (Å²) in [5, 5.41) is 8.35. The number of fused-ring (bicyclic) bond motifs is 2. The number of ether oxygens (including phenoxy) is 1. The number of hydrogen-bond acceptors (Lipinski definition) is 6. The van der Waals surface area contributed by atoms with Gasteiger partial charge in [-0.25, -0.2) is 0 Å². The normalized spacial score (nSPS) is 18.8. The Kier molecular flexibility index (Phi) is 6.89. The highest BCUT2D eigenvalue weighted by Crippen LogP contribution is 2.54. The van der Waals surface area contributed by atoms with Gasteiger partial charge in [0.05, 0.1) is 18.8 Å². The van der Waals surface area contributed by atoms with Gasteiger partial charge in [-0.3, -0.25) is 14.4 Å². The topological polar surface area (TPSA) is 91.3 Å². The molecule has 0 aromatic heterocycles. The smallest absolute Gasteiger partial charge is 0.271 e. The lowest BCUT2D eigenvalue weighted by molar-refractivity contribution is -0.139. The summed E-state index contributed by atoms with van der Waals surface area (Å²) < 4.78 is 5.81. The third-order valence-electron chi connectivity index (χ3n) is 5.89. The summed E-state index contributed by atoms with van der Waals surface area (Å²) in [4.78, 5) is 38.6. The molecule has 35 heavy (non-hydrogen) atoms. The third-order valence-corrected chi connectivity index (χ3v) is 7.13. The van der Waals surface area contributed by atoms with Crippen LogP contribution < -0.4 is 15.0 Å². The van der Waals surface area contributed by atoms with Crippen molar-refractivity contribution < 1.29 is 19.1 Å². The largest absolute Gasteiger partial charge is 0.494 e. The summed E-state index contributed by atoms with van der Waals surface area (Å²) in [7, 11) is 0. The first-order valence-corrected chi connectivity index (χ1v) is 12.4. The first-order valence-electron chi connectivity index (χ1n) is 11.6. The Balaban J connectivity index is 1.64. The molecule has 0 saturated carbocycles. The van der Waals surface area contributed by atoms with Crippen LogP contribution in [-0.4, -0.2) is 34.5 Å². The van der Waals surface area contributed by atoms with E-state index in [4.69, 9.17) is 4.74 Å². The summed E-state index contributed by atoms with van der Waals surface area (Å²) in [5.41, 5.74) is 3.28. The molecule has 1 spiro atoms. The number of nitrogens with one attached hydrogen (secondary N) is 1. The highest BCUT2D eigenvalue weighted by atomic mass is 32.2. The monoisotopic (exact) mass is 494 g/mol. The van der Waals surface area contributed by atoms with E-state index in [0.29, 0.717) is 24.6 Å². The number of carbonyl (C=O) groups is 3. The number of rotatable bonds is 6. The van der Waals surface area contributed by atoms with Crippen molar-refractivity contribution in [2.45, 2.75) is 52.5 Å². The minimum Gasteiger partial charge on any atom is -0.494 e. The highest BCUT2D eigenvalue weighted by Gasteiger charge is 2.61. The van der Waals surface area contributed by atoms with Crippen molar-refractivity contribution >= 4 is 40.3 Å². The SMILES string of the molecule is CC(=O)NC1=NN(C(C)=O)C2(S1)C(=O)N(Cc1ccc(OCCC(C)C)cc1)c1ccc(C)cc12. The van der Waals surface area contributed by atoms with E-state index in [1.807, 2.05) is 49.4 Å². The summed E-state index contributed by atoms with van der Waals surface area (Å²) in [6, 6.07) is 13.5. The van der Waals surface area contributed by atoms with Crippen molar-refractivity contribution in [2.24, 2.45) is 11.0 Å². The lowest BCUT2D eigenvalue weighted by atomic mass is 10.0. The quantitative estimate of drug-likeness (QED) is 0.652. The van der Waals surface area contributed by atoms with Crippen LogP contribution in [-0.2, 0) is 25.8 Å². The summed E-state index contributed by atoms with van der Waals surface area (Å²) in [6.07, 6.45) is 0.981. The third kappa shape index (κ3) is 4.77. The lowest BCUT2D eigenvalue weighted by Gasteiger charge is -2.29. The minimum atomic E-state index is -1.40. The number of hydrogen-bond donors (Lipinski definition) is 1. The molecule has 8 nitrogen and oxygen atoms in total. The Hall–Kier alpha value is -3.33. The number of thioether (sulfide) groups is 1. The molecule has 4 rings (SSSR count). The van der Waals surface area contributed by atoms with E-state index in [2.05, 4.69) is 24.3 Å². The first-order chi connectivity index (χ1) is 16.6. The molecule has 9 heteroatoms. The summed E-state index contributed by atoms with van der Waals surface area (Å²) in [5.74, 6) is 0.379. The Labute approximate surface area is 209 Å². The number of amidine groups is 1. The average molecular weight is 495 g/mol. The van der Waals surface area contributed by atoms with Crippen LogP contribution in [0.25, 0.3) is 0 Å². The zero-order valence-electron chi connectivity index (χ0n) is 20.6. The molecule has 3 amide bonds. The minimum absolute atomic E-state index is 0.221. The molecule has 0 saturated heterocycles. The number of anilines is 1. The second kappa shape index (κ2) is 9.73. The van der Waals surface area contributed by atoms with Crippen molar-refractivity contribution in [3.05, 3.63) is 59.2 Å². The fourth-order valence-corrected chi connectivity index (χ4v) is 5.49. The fraction of sp³-hybridized carbons (Fsp3) is 0.385. The molecule has 1 N–H and O–H groups in total. The second-order valence-corrected chi connectivity index (χ2v) is 10.4. The van der Waals surface area contributed by atoms with E-state index in [9.17, 15) is 14.4 Å². The van der Waals surface area contributed by atoms with Gasteiger partial charge >= 0.3 is 0 Å². The van der Waals surface area contributed by atoms with E-state index < -0.39 is 4.87 Å². The molecule has 2 aromatic carbocycles. The Morgan fingerprint density at radius 3 is 2.49 bits per heavy atom. The molecule has 0 fully saturated rings. The molecule has 1 atom stereocenters. The maximum absolute atomic E-state index is 14.0. The molecule has 0 radical (unpaired) electrons. The molecule has 184 valence electrons. The molecule has 2 aliphatic rings. The van der Waals surface area contributed by atoms with E-state index >= 15 is 0 Å². The van der Waals surface area contributed by atoms with E-state index in [0.717, 1.165) is 40.7 Å². The van der Waals surface area contributed by atoms with Crippen LogP contribution in [0.1, 0.15) is 50.8 Å². The standard InChI is InChI=1S/C26H30N4O4S/c1-16(2)12-13-34-21-9-7-20(8-10-21)15-29-23-11-6-17(3)14-22(23)26(24(29)33)30(19(5)32)28-25(35-26)27-18(4)31/h6-11,14,16H,12-13,15H2,1-5H3,(H,27,28,31). The van der Waals surface area contributed by atoms with Gasteiger partial charge in [0, 0.05) is 19.4 Å². The van der Waals surface area contributed by atoms with Crippen LogP contribution in [0.2, 0.25) is 0 Å². The zero-order valence-corrected chi connectivity index (χ0v) is 21.4. The summed E-state index contributed by atoms with van der Waals surface area (Å²) >= 11 is 1.08. The van der Waals surface area contributed by atoms with Crippen LogP contribution in [0.4, 0.5) is 5.69 Å². The van der Waals surface area contributed by atoms with Crippen molar-refractivity contribution in [1.82, 2.24) is 10.3 Å². The van der Waals surface area contributed by atoms with Gasteiger partial charge in [0.15, 0.2) is 5.17 Å². The van der Waals surface area contributed by atoms with Crippen LogP contribution in [0.15, 0.2) is 47.6 Å². The van der Waals surface area contributed by atoms with Gasteiger partial charge in [0.1, 0.15) is 5.75 Å². The first kappa shape index (κ1) is 24.8. The summed E-state index contributed by atoms with van der Waals surface area (Å²) in [6.45, 7) is 9.97. The van der Waals surface area contributed by atoms with Crippen LogP contribution >= 0.6 is 11.8 Å². The number of nitrogens with zero attached hydrogens (tertiary/aromatic N) is 3. The molecule has 0 bridgehead atoms. The molecule has 2 heterocycles. The van der Waals surface area contributed by atoms with Crippen LogP contribution in [0, 0.1) is 12.8 Å². The van der Waals surface area contributed by atoms with Gasteiger partial charge in [0.2, 0.25) is 16.7 Å². The van der Waals surface area contributed by atoms with E-state index in [1.54, 1.807) is 4.90 Å². The number of benzene rings is 2. The van der Waals surface area contributed by atoms with E-state index in [1.165, 1.54) is 18.9 Å². The maximum Gasteiger partial charge on any atom is 0.271 e. The number of amides is 3. The Morgan fingerprint density at radius 2 is 1.86 bits per heavy atom. The molecular weight excluding hydrogens is 464 g/mol. The molecule has 2 aliphatic heterocycles. The second-order valence-electron chi connectivity index (χ2n) is 9.25. The molecular formula is C26H30N4O4S. The van der Waals surface area contributed by atoms with Gasteiger partial charge in [0.25, 0.3) is 5.91 Å². The average Bonchev–Trinajstić information content (AvgIpc) is 3.26. The molecule has 2 aromatic rings. The number of aryl methyl sites for hydroxylation is 1. The number of hydrazone groups is 1. The van der Waals surface area contributed by atoms with Gasteiger partial charge in [-0.1, -0.05) is 43.7 Å². The van der Waals surface area contributed by atoms with Crippen LogP contribution in [0.3, 0.4) is 0 Å². The van der Waals surface area contributed by atoms with Crippen LogP contribution in [0.5, 0.6) is 5.75 Å². The van der Waals surface area contributed by atoms with Crippen molar-refractivity contribution in [1.29, 1.82) is 0 Å². The zero-order chi connectivity index (χ0) is 25.3. The Bertz CT molecular complexity index is 1190. The fourth-order valence-electron chi connectivity index (χ4n) is 4.17. The highest BCUT2D eigenvalue weighted by molar-refractivity contribution is 8.15. The van der Waals surface area contributed by atoms with Gasteiger partial charge in [-0.15, -0.1) is 5.10 Å². The van der Waals surface area contributed by atoms with Crippen molar-refractivity contribution in [3.8, 4) is 5.75 Å². The van der Waals surface area contributed by atoms with Crippen molar-refractivity contribution in [3.63, 3.8) is 0 Å². The molecule has 0 aliphatic carbocycles. The predicted molar refractivity (Wildman–Crippen MR) is 137 cm³/mol. The van der Waals surface area contributed by atoms with Gasteiger partial charge < -0.3 is 15.0 Å². The lowest BCUT2D eigenvalue weighted by Crippen LogP contribution is -2.48. The molecule has 1 unspecified atom stereocenters. The van der Waals surface area contributed by atoms with Crippen molar-refractivity contribution in [2.75, 3.05) is 11.5 Å². The number of carbonyl (C=O) groups excluding carboxylic acids is 3. The van der Waals surface area contributed by atoms with Gasteiger partial charge in [-0.2, -0.15) is 5.01 Å².